The first-order valence-electron chi connectivity index (χ1n) is 16.2. The molecule has 6 rings (SSSR count). The largest absolute Gasteiger partial charge is 0.469 e. The zero-order chi connectivity index (χ0) is 35.1. The molecule has 4 N–H and O–H groups in total. The summed E-state index contributed by atoms with van der Waals surface area (Å²) in [6.07, 6.45) is 1.34. The summed E-state index contributed by atoms with van der Waals surface area (Å²) in [7, 11) is 1.26. The van der Waals surface area contributed by atoms with Gasteiger partial charge < -0.3 is 39.4 Å². The van der Waals surface area contributed by atoms with Gasteiger partial charge in [0.25, 0.3) is 0 Å². The van der Waals surface area contributed by atoms with Crippen LogP contribution in [-0.4, -0.2) is 64.9 Å². The Balaban J connectivity index is 1.36. The fourth-order valence-corrected chi connectivity index (χ4v) is 6.26. The number of amides is 2. The number of esters is 1. The van der Waals surface area contributed by atoms with Gasteiger partial charge in [-0.3, -0.25) is 9.59 Å². The van der Waals surface area contributed by atoms with Gasteiger partial charge in [0.2, 0.25) is 17.7 Å². The molecular weight excluding hydrogens is 630 g/mol. The Hall–Kier alpha value is -5.17. The third-order valence-electron chi connectivity index (χ3n) is 8.82. The molecule has 2 aliphatic rings. The van der Waals surface area contributed by atoms with Gasteiger partial charge in [-0.25, -0.2) is 14.8 Å². The number of aliphatic hydroxyl groups excluding tert-OH is 1. The number of rotatable bonds is 11. The van der Waals surface area contributed by atoms with Crippen LogP contribution < -0.4 is 20.7 Å². The molecule has 0 spiro atoms. The molecule has 13 heteroatoms. The van der Waals surface area contributed by atoms with Crippen LogP contribution in [0.3, 0.4) is 0 Å². The molecule has 0 radical (unpaired) electrons. The number of para-hydroxylation sites is 1. The minimum Gasteiger partial charge on any atom is -0.469 e. The number of nitrogens with one attached hydrogen (secondary N) is 3. The van der Waals surface area contributed by atoms with Gasteiger partial charge in [0.15, 0.2) is 29.8 Å². The van der Waals surface area contributed by atoms with E-state index in [2.05, 4.69) is 25.9 Å². The average Bonchev–Trinajstić information content (AvgIpc) is 3.86. The molecule has 49 heavy (non-hydrogen) atoms. The smallest absolute Gasteiger partial charge is 0.360 e. The summed E-state index contributed by atoms with van der Waals surface area (Å²) in [5, 5.41) is 19.6. The summed E-state index contributed by atoms with van der Waals surface area (Å²) in [6.45, 7) is 9.93. The van der Waals surface area contributed by atoms with Crippen LogP contribution >= 0.6 is 0 Å². The molecule has 13 nitrogen and oxygen atoms in total. The highest BCUT2D eigenvalue weighted by molar-refractivity contribution is 5.89. The van der Waals surface area contributed by atoms with Gasteiger partial charge in [0.1, 0.15) is 29.6 Å². The lowest BCUT2D eigenvalue weighted by Gasteiger charge is -2.27. The van der Waals surface area contributed by atoms with Crippen molar-refractivity contribution in [1.82, 2.24) is 20.6 Å². The lowest BCUT2D eigenvalue weighted by molar-refractivity contribution is -0.135. The summed E-state index contributed by atoms with van der Waals surface area (Å²) < 4.78 is 23.1. The number of fused-ring (bicyclic) bond motifs is 5. The number of oxazole rings is 2. The monoisotopic (exact) mass is 671 g/mol. The second kappa shape index (κ2) is 13.0. The molecule has 2 aromatic heterocycles. The fourth-order valence-electron chi connectivity index (χ4n) is 6.26. The first-order chi connectivity index (χ1) is 23.3. The highest BCUT2D eigenvalue weighted by atomic mass is 16.5. The summed E-state index contributed by atoms with van der Waals surface area (Å²) in [5.74, 6) is -0.780. The first kappa shape index (κ1) is 33.7. The van der Waals surface area contributed by atoms with Crippen LogP contribution in [0.15, 0.2) is 64.0 Å². The maximum absolute atomic E-state index is 13.4. The zero-order valence-electron chi connectivity index (χ0n) is 28.3. The Morgan fingerprint density at radius 3 is 2.59 bits per heavy atom. The second-order valence-corrected chi connectivity index (χ2v) is 14.0. The SMILES string of the molecule is COC(=O)c1coc(-c2ncoc2C23c4ccccc4NC2Oc2ccc(CCC(NC(=O)C(O)C(C)C)C(=O)NCC(C)(C)C)cc23)n1. The molecule has 2 aromatic carbocycles. The molecule has 4 unspecified atom stereocenters. The van der Waals surface area contributed by atoms with Crippen molar-refractivity contribution in [3.05, 3.63) is 83.3 Å². The van der Waals surface area contributed by atoms with E-state index < -0.39 is 35.7 Å². The van der Waals surface area contributed by atoms with Gasteiger partial charge in [-0.05, 0) is 47.4 Å². The van der Waals surface area contributed by atoms with Gasteiger partial charge in [0.05, 0.1) is 7.11 Å². The number of aryl methyl sites for hydroxylation is 1. The predicted molar refractivity (Wildman–Crippen MR) is 178 cm³/mol. The van der Waals surface area contributed by atoms with Crippen molar-refractivity contribution in [1.29, 1.82) is 0 Å². The van der Waals surface area contributed by atoms with Crippen LogP contribution in [0.4, 0.5) is 5.69 Å². The summed E-state index contributed by atoms with van der Waals surface area (Å²) in [4.78, 5) is 47.2. The number of ether oxygens (including phenoxy) is 2. The number of nitrogens with zero attached hydrogens (tertiary/aromatic N) is 2. The third kappa shape index (κ3) is 6.26. The number of carbonyl (C=O) groups excluding carboxylic acids is 3. The first-order valence-corrected chi connectivity index (χ1v) is 16.2. The van der Waals surface area contributed by atoms with Crippen LogP contribution in [0.5, 0.6) is 5.75 Å². The van der Waals surface area contributed by atoms with E-state index in [1.54, 1.807) is 13.8 Å². The Morgan fingerprint density at radius 2 is 1.86 bits per heavy atom. The normalized spacial score (nSPS) is 18.8. The van der Waals surface area contributed by atoms with Gasteiger partial charge in [0, 0.05) is 17.8 Å². The molecule has 4 atom stereocenters. The summed E-state index contributed by atoms with van der Waals surface area (Å²) in [6, 6.07) is 12.7. The van der Waals surface area contributed by atoms with Crippen molar-refractivity contribution in [3.63, 3.8) is 0 Å². The van der Waals surface area contributed by atoms with Crippen molar-refractivity contribution in [2.24, 2.45) is 11.3 Å². The zero-order valence-corrected chi connectivity index (χ0v) is 28.3. The number of anilines is 1. The highest BCUT2D eigenvalue weighted by Crippen LogP contribution is 2.58. The maximum Gasteiger partial charge on any atom is 0.360 e. The van der Waals surface area contributed by atoms with Crippen LogP contribution in [0.25, 0.3) is 11.6 Å². The van der Waals surface area contributed by atoms with E-state index in [9.17, 15) is 19.5 Å². The summed E-state index contributed by atoms with van der Waals surface area (Å²) in [5.41, 5.74) is 2.48. The number of hydrogen-bond acceptors (Lipinski definition) is 11. The molecule has 4 aromatic rings. The van der Waals surface area contributed by atoms with Crippen molar-refractivity contribution < 1.29 is 37.8 Å². The predicted octanol–water partition coefficient (Wildman–Crippen LogP) is 4.19. The van der Waals surface area contributed by atoms with E-state index >= 15 is 0 Å². The van der Waals surface area contributed by atoms with Gasteiger partial charge in [-0.2, -0.15) is 0 Å². The van der Waals surface area contributed by atoms with Crippen LogP contribution in [0.2, 0.25) is 0 Å². The number of benzene rings is 2. The van der Waals surface area contributed by atoms with Gasteiger partial charge in [-0.15, -0.1) is 0 Å². The Kier molecular flexibility index (Phi) is 8.97. The van der Waals surface area contributed by atoms with E-state index in [4.69, 9.17) is 18.3 Å². The lowest BCUT2D eigenvalue weighted by Crippen LogP contribution is -2.51. The van der Waals surface area contributed by atoms with Crippen LogP contribution in [0.1, 0.15) is 74.0 Å². The van der Waals surface area contributed by atoms with E-state index in [1.807, 2.05) is 63.2 Å². The van der Waals surface area contributed by atoms with E-state index in [0.29, 0.717) is 30.2 Å². The molecule has 2 amide bonds. The van der Waals surface area contributed by atoms with Crippen molar-refractivity contribution >= 4 is 23.5 Å². The lowest BCUT2D eigenvalue weighted by atomic mass is 9.72. The molecule has 0 bridgehead atoms. The second-order valence-electron chi connectivity index (χ2n) is 14.0. The quantitative estimate of drug-likeness (QED) is 0.168. The van der Waals surface area contributed by atoms with Gasteiger partial charge >= 0.3 is 5.97 Å². The molecule has 0 fully saturated rings. The number of methoxy groups -OCH3 is 1. The summed E-state index contributed by atoms with van der Waals surface area (Å²) >= 11 is 0. The molecule has 2 aliphatic heterocycles. The molecule has 0 aliphatic carbocycles. The number of aromatic nitrogens is 2. The highest BCUT2D eigenvalue weighted by Gasteiger charge is 2.60. The molecule has 258 valence electrons. The van der Waals surface area contributed by atoms with Crippen LogP contribution in [-0.2, 0) is 26.2 Å². The van der Waals surface area contributed by atoms with Crippen molar-refractivity contribution in [2.45, 2.75) is 71.2 Å². The number of aliphatic hydroxyl groups is 1. The average molecular weight is 672 g/mol. The molecule has 0 saturated heterocycles. The minimum atomic E-state index is -1.25. The molecule has 4 heterocycles. The molecule has 0 saturated carbocycles. The van der Waals surface area contributed by atoms with E-state index in [-0.39, 0.29) is 35.2 Å². The van der Waals surface area contributed by atoms with Crippen LogP contribution in [0, 0.1) is 11.3 Å². The topological polar surface area (TPSA) is 178 Å². The standard InChI is InChI=1S/C36H41N5O8/c1-19(2)28(42)31(44)39-24(30(43)37-17-35(3,4)5)13-11-20-12-14-26-22(15-20)36(21-9-7-8-10-23(21)41-34(36)49-26)29-27(38-18-48-29)32-40-25(16-47-32)33(45)46-6/h7-10,12,14-16,18-19,24,28,34,41-42H,11,13,17H2,1-6H3,(H,37,43)(H,39,44). The molecular formula is C36H41N5O8. The fraction of sp³-hybridized carbons (Fsp3) is 0.417. The number of carbonyl (C=O) groups is 3. The Labute approximate surface area is 283 Å². The van der Waals surface area contributed by atoms with Crippen molar-refractivity contribution in [2.75, 3.05) is 19.0 Å². The Bertz CT molecular complexity index is 1870. The van der Waals surface area contributed by atoms with E-state index in [1.165, 1.54) is 19.8 Å². The minimum absolute atomic E-state index is 0.00935. The maximum atomic E-state index is 13.4. The van der Waals surface area contributed by atoms with Crippen molar-refractivity contribution in [3.8, 4) is 17.3 Å². The van der Waals surface area contributed by atoms with E-state index in [0.717, 1.165) is 22.4 Å². The Morgan fingerprint density at radius 1 is 1.08 bits per heavy atom. The van der Waals surface area contributed by atoms with Gasteiger partial charge in [-0.1, -0.05) is 65.0 Å². The third-order valence-corrected chi connectivity index (χ3v) is 8.82. The number of hydrogen-bond donors (Lipinski definition) is 4.